The number of benzene rings is 2. The van der Waals surface area contributed by atoms with E-state index in [-0.39, 0.29) is 11.6 Å². The highest BCUT2D eigenvalue weighted by Crippen LogP contribution is 2.31. The van der Waals surface area contributed by atoms with Crippen molar-refractivity contribution in [3.8, 4) is 0 Å². The number of hydrogen-bond donors (Lipinski definition) is 0. The highest BCUT2D eigenvalue weighted by atomic mass is 32.2. The Bertz CT molecular complexity index is 1030. The van der Waals surface area contributed by atoms with Gasteiger partial charge in [-0.3, -0.25) is 14.9 Å². The molecule has 1 amide bonds. The Morgan fingerprint density at radius 2 is 1.79 bits per heavy atom. The van der Waals surface area contributed by atoms with Crippen LogP contribution in [-0.2, 0) is 4.79 Å². The van der Waals surface area contributed by atoms with Crippen LogP contribution >= 0.6 is 11.8 Å². The van der Waals surface area contributed by atoms with Crippen LogP contribution in [0, 0.1) is 17.0 Å². The lowest BCUT2D eigenvalue weighted by molar-refractivity contribution is -0.384. The van der Waals surface area contributed by atoms with Crippen LogP contribution in [-0.4, -0.2) is 47.1 Å². The van der Waals surface area contributed by atoms with Gasteiger partial charge in [0.25, 0.3) is 11.6 Å². The number of piperazine rings is 1. The van der Waals surface area contributed by atoms with E-state index in [0.717, 1.165) is 26.2 Å². The lowest BCUT2D eigenvalue weighted by atomic mass is 10.1. The average molecular weight is 408 g/mol. The molecule has 29 heavy (non-hydrogen) atoms. The number of aliphatic imine (C=N–C) groups is 1. The number of amidine groups is 1. The van der Waals surface area contributed by atoms with E-state index in [2.05, 4.69) is 39.9 Å². The minimum Gasteiger partial charge on any atom is -0.368 e. The van der Waals surface area contributed by atoms with E-state index in [4.69, 9.17) is 0 Å². The number of non-ortho nitro benzene ring substituents is 1. The summed E-state index contributed by atoms with van der Waals surface area (Å²) in [6, 6.07) is 14.6. The fourth-order valence-corrected chi connectivity index (χ4v) is 4.43. The number of para-hydroxylation sites is 1. The molecule has 2 aromatic rings. The molecule has 2 aliphatic rings. The third-order valence-corrected chi connectivity index (χ3v) is 6.04. The SMILES string of the molecule is Cc1ccccc1N1CCN(C2=NC(=O)/C(=C/c3cccc([N+](=O)[O-])c3)S2)CC1. The van der Waals surface area contributed by atoms with Gasteiger partial charge in [0, 0.05) is 44.0 Å². The number of anilines is 1. The number of hydrogen-bond acceptors (Lipinski definition) is 6. The summed E-state index contributed by atoms with van der Waals surface area (Å²) in [4.78, 5) is 32.0. The van der Waals surface area contributed by atoms with Crippen LogP contribution < -0.4 is 4.90 Å². The van der Waals surface area contributed by atoms with E-state index in [1.807, 2.05) is 6.07 Å². The first-order chi connectivity index (χ1) is 14.0. The van der Waals surface area contributed by atoms with Crippen molar-refractivity contribution >= 4 is 40.3 Å². The fraction of sp³-hybridized carbons (Fsp3) is 0.238. The summed E-state index contributed by atoms with van der Waals surface area (Å²) in [5, 5.41) is 11.6. The van der Waals surface area contributed by atoms with Gasteiger partial charge in [0.1, 0.15) is 0 Å². The first-order valence-corrected chi connectivity index (χ1v) is 10.2. The maximum Gasteiger partial charge on any atom is 0.286 e. The fourth-order valence-electron chi connectivity index (χ4n) is 3.47. The monoisotopic (exact) mass is 408 g/mol. The van der Waals surface area contributed by atoms with Gasteiger partial charge in [-0.15, -0.1) is 0 Å². The molecule has 0 radical (unpaired) electrons. The highest BCUT2D eigenvalue weighted by Gasteiger charge is 2.28. The number of nitro benzene ring substituents is 1. The van der Waals surface area contributed by atoms with Crippen LogP contribution in [0.1, 0.15) is 11.1 Å². The number of amides is 1. The summed E-state index contributed by atoms with van der Waals surface area (Å²) in [7, 11) is 0. The molecule has 2 heterocycles. The Morgan fingerprint density at radius 3 is 2.52 bits per heavy atom. The van der Waals surface area contributed by atoms with Crippen LogP contribution in [0.2, 0.25) is 0 Å². The Kier molecular flexibility index (Phi) is 5.35. The number of carbonyl (C=O) groups is 1. The molecule has 8 heteroatoms. The molecule has 0 bridgehead atoms. The second-order valence-corrected chi connectivity index (χ2v) is 7.93. The van der Waals surface area contributed by atoms with Crippen molar-refractivity contribution in [1.29, 1.82) is 0 Å². The largest absolute Gasteiger partial charge is 0.368 e. The quantitative estimate of drug-likeness (QED) is 0.438. The summed E-state index contributed by atoms with van der Waals surface area (Å²) in [5.74, 6) is -0.294. The molecular formula is C21H20N4O3S. The van der Waals surface area contributed by atoms with Gasteiger partial charge in [-0.05, 0) is 42.0 Å². The summed E-state index contributed by atoms with van der Waals surface area (Å²) < 4.78 is 0. The molecule has 7 nitrogen and oxygen atoms in total. The van der Waals surface area contributed by atoms with Crippen molar-refractivity contribution in [1.82, 2.24) is 4.90 Å². The third-order valence-electron chi connectivity index (χ3n) is 4.99. The number of nitrogens with zero attached hydrogens (tertiary/aromatic N) is 4. The molecule has 0 spiro atoms. The predicted molar refractivity (Wildman–Crippen MR) is 116 cm³/mol. The van der Waals surface area contributed by atoms with Crippen molar-refractivity contribution < 1.29 is 9.72 Å². The lowest BCUT2D eigenvalue weighted by Crippen LogP contribution is -2.48. The topological polar surface area (TPSA) is 79.0 Å². The van der Waals surface area contributed by atoms with Gasteiger partial charge in [0.05, 0.1) is 9.83 Å². The molecule has 0 atom stereocenters. The Labute approximate surface area is 172 Å². The second kappa shape index (κ2) is 8.08. The normalized spacial score (nSPS) is 18.3. The molecule has 0 aliphatic carbocycles. The van der Waals surface area contributed by atoms with Crippen molar-refractivity contribution in [2.75, 3.05) is 31.1 Å². The van der Waals surface area contributed by atoms with E-state index in [0.29, 0.717) is 15.6 Å². The zero-order chi connectivity index (χ0) is 20.4. The maximum atomic E-state index is 12.3. The van der Waals surface area contributed by atoms with Crippen molar-refractivity contribution in [3.63, 3.8) is 0 Å². The minimum absolute atomic E-state index is 0.00302. The molecule has 0 aromatic heterocycles. The number of thioether (sulfide) groups is 1. The molecule has 2 aliphatic heterocycles. The molecule has 4 rings (SSSR count). The zero-order valence-corrected chi connectivity index (χ0v) is 16.8. The van der Waals surface area contributed by atoms with Crippen molar-refractivity contribution in [3.05, 3.63) is 74.7 Å². The number of rotatable bonds is 3. The van der Waals surface area contributed by atoms with Crippen LogP contribution in [0.3, 0.4) is 0 Å². The Hall–Kier alpha value is -3.13. The van der Waals surface area contributed by atoms with Crippen LogP contribution in [0.4, 0.5) is 11.4 Å². The van der Waals surface area contributed by atoms with E-state index in [1.54, 1.807) is 18.2 Å². The Morgan fingerprint density at radius 1 is 1.07 bits per heavy atom. The Balaban J connectivity index is 1.42. The number of aryl methyl sites for hydroxylation is 1. The van der Waals surface area contributed by atoms with Gasteiger partial charge in [0.15, 0.2) is 5.17 Å². The summed E-state index contributed by atoms with van der Waals surface area (Å²) in [5.41, 5.74) is 3.13. The highest BCUT2D eigenvalue weighted by molar-refractivity contribution is 8.18. The molecular weight excluding hydrogens is 388 g/mol. The lowest BCUT2D eigenvalue weighted by Gasteiger charge is -2.37. The van der Waals surface area contributed by atoms with Gasteiger partial charge in [-0.25, -0.2) is 0 Å². The van der Waals surface area contributed by atoms with Gasteiger partial charge >= 0.3 is 0 Å². The number of carbonyl (C=O) groups excluding carboxylic acids is 1. The summed E-state index contributed by atoms with van der Waals surface area (Å²) in [6.45, 7) is 5.42. The predicted octanol–water partition coefficient (Wildman–Crippen LogP) is 3.70. The first kappa shape index (κ1) is 19.2. The molecule has 2 aromatic carbocycles. The molecule has 148 valence electrons. The second-order valence-electron chi connectivity index (χ2n) is 6.92. The average Bonchev–Trinajstić information content (AvgIpc) is 3.09. The van der Waals surface area contributed by atoms with Gasteiger partial charge < -0.3 is 9.80 Å². The molecule has 0 unspecified atom stereocenters. The minimum atomic E-state index is -0.443. The zero-order valence-electron chi connectivity index (χ0n) is 15.9. The van der Waals surface area contributed by atoms with Gasteiger partial charge in [-0.2, -0.15) is 4.99 Å². The van der Waals surface area contributed by atoms with Crippen LogP contribution in [0.15, 0.2) is 58.4 Å². The van der Waals surface area contributed by atoms with E-state index in [9.17, 15) is 14.9 Å². The van der Waals surface area contributed by atoms with Crippen molar-refractivity contribution in [2.24, 2.45) is 4.99 Å². The maximum absolute atomic E-state index is 12.3. The van der Waals surface area contributed by atoms with E-state index < -0.39 is 4.92 Å². The molecule has 1 fully saturated rings. The summed E-state index contributed by atoms with van der Waals surface area (Å²) in [6.07, 6.45) is 1.67. The van der Waals surface area contributed by atoms with Crippen LogP contribution in [0.5, 0.6) is 0 Å². The number of nitro groups is 1. The molecule has 1 saturated heterocycles. The smallest absolute Gasteiger partial charge is 0.286 e. The van der Waals surface area contributed by atoms with Gasteiger partial charge in [0.2, 0.25) is 0 Å². The van der Waals surface area contributed by atoms with E-state index in [1.165, 1.54) is 35.1 Å². The first-order valence-electron chi connectivity index (χ1n) is 9.34. The standard InChI is InChI=1S/C21H20N4O3S/c1-15-5-2-3-8-18(15)23-9-11-24(12-10-23)21-22-20(26)19(29-21)14-16-6-4-7-17(13-16)25(27)28/h2-8,13-14H,9-12H2,1H3/b19-14-. The van der Waals surface area contributed by atoms with Gasteiger partial charge in [-0.1, -0.05) is 30.3 Å². The summed E-state index contributed by atoms with van der Waals surface area (Å²) >= 11 is 1.33. The van der Waals surface area contributed by atoms with E-state index >= 15 is 0 Å². The van der Waals surface area contributed by atoms with Crippen molar-refractivity contribution in [2.45, 2.75) is 6.92 Å². The molecule has 0 saturated carbocycles. The van der Waals surface area contributed by atoms with Crippen LogP contribution in [0.25, 0.3) is 6.08 Å². The molecule has 0 N–H and O–H groups in total. The third kappa shape index (κ3) is 4.17.